The molecule has 0 unspecified atom stereocenters. The van der Waals surface area contributed by atoms with Gasteiger partial charge in [0, 0.05) is 32.5 Å². The third-order valence-electron chi connectivity index (χ3n) is 2.21. The number of carbonyl (C=O) groups excluding carboxylic acids is 2. The first-order valence-electron chi connectivity index (χ1n) is 5.54. The Morgan fingerprint density at radius 3 is 2.41 bits per heavy atom. The summed E-state index contributed by atoms with van der Waals surface area (Å²) in [6.45, 7) is 4.80. The molecule has 2 amide bonds. The van der Waals surface area contributed by atoms with Crippen molar-refractivity contribution in [1.29, 1.82) is 0 Å². The van der Waals surface area contributed by atoms with Crippen LogP contribution >= 0.6 is 11.6 Å². The van der Waals surface area contributed by atoms with Crippen LogP contribution in [0.1, 0.15) is 20.3 Å². The minimum Gasteiger partial charge on any atom is -0.383 e. The molecule has 0 aliphatic carbocycles. The maximum Gasteiger partial charge on any atom is 0.226 e. The van der Waals surface area contributed by atoms with E-state index in [4.69, 9.17) is 16.3 Å². The van der Waals surface area contributed by atoms with Gasteiger partial charge in [-0.2, -0.15) is 0 Å². The van der Waals surface area contributed by atoms with Crippen molar-refractivity contribution in [2.75, 3.05) is 32.7 Å². The van der Waals surface area contributed by atoms with Gasteiger partial charge in [-0.3, -0.25) is 9.59 Å². The first-order chi connectivity index (χ1) is 7.94. The van der Waals surface area contributed by atoms with Crippen LogP contribution in [-0.4, -0.2) is 44.5 Å². The molecule has 0 radical (unpaired) electrons. The predicted octanol–water partition coefficient (Wildman–Crippen LogP) is 0.520. The van der Waals surface area contributed by atoms with Crippen LogP contribution in [0.15, 0.2) is 0 Å². The third kappa shape index (κ3) is 7.18. The van der Waals surface area contributed by atoms with Crippen LogP contribution < -0.4 is 10.6 Å². The van der Waals surface area contributed by atoms with Crippen molar-refractivity contribution >= 4 is 23.4 Å². The molecule has 0 aromatic carbocycles. The zero-order valence-corrected chi connectivity index (χ0v) is 11.4. The van der Waals surface area contributed by atoms with Crippen molar-refractivity contribution < 1.29 is 14.3 Å². The van der Waals surface area contributed by atoms with Crippen LogP contribution in [0.4, 0.5) is 0 Å². The highest BCUT2D eigenvalue weighted by Gasteiger charge is 2.25. The standard InChI is InChI=1S/C11H21ClN2O3/c1-11(2,8-12)10(16)14-5-4-9(15)13-6-7-17-3/h4-8H2,1-3H3,(H,13,15)(H,14,16). The van der Waals surface area contributed by atoms with Gasteiger partial charge in [-0.05, 0) is 13.8 Å². The van der Waals surface area contributed by atoms with E-state index in [1.54, 1.807) is 21.0 Å². The number of halogens is 1. The average Bonchev–Trinajstić information content (AvgIpc) is 2.29. The van der Waals surface area contributed by atoms with Gasteiger partial charge in [0.2, 0.25) is 11.8 Å². The highest BCUT2D eigenvalue weighted by atomic mass is 35.5. The van der Waals surface area contributed by atoms with Gasteiger partial charge in [0.25, 0.3) is 0 Å². The molecule has 0 fully saturated rings. The zero-order chi connectivity index (χ0) is 13.3. The van der Waals surface area contributed by atoms with E-state index in [0.29, 0.717) is 19.7 Å². The second-order valence-electron chi connectivity index (χ2n) is 4.37. The molecule has 6 heteroatoms. The molecule has 0 heterocycles. The van der Waals surface area contributed by atoms with Crippen LogP contribution in [0.2, 0.25) is 0 Å². The fourth-order valence-electron chi connectivity index (χ4n) is 0.970. The van der Waals surface area contributed by atoms with Gasteiger partial charge in [0.1, 0.15) is 0 Å². The molecular weight excluding hydrogens is 244 g/mol. The number of hydrogen-bond donors (Lipinski definition) is 2. The largest absolute Gasteiger partial charge is 0.383 e. The van der Waals surface area contributed by atoms with Crippen LogP contribution in [0.3, 0.4) is 0 Å². The van der Waals surface area contributed by atoms with Crippen molar-refractivity contribution in [3.8, 4) is 0 Å². The summed E-state index contributed by atoms with van der Waals surface area (Å²) in [5, 5.41) is 5.35. The molecule has 0 saturated heterocycles. The van der Waals surface area contributed by atoms with E-state index < -0.39 is 5.41 Å². The van der Waals surface area contributed by atoms with E-state index >= 15 is 0 Å². The van der Waals surface area contributed by atoms with Crippen molar-refractivity contribution in [1.82, 2.24) is 10.6 Å². The molecule has 0 aliphatic rings. The summed E-state index contributed by atoms with van der Waals surface area (Å²) in [5.74, 6) is 0.00186. The van der Waals surface area contributed by atoms with E-state index in [9.17, 15) is 9.59 Å². The number of alkyl halides is 1. The lowest BCUT2D eigenvalue weighted by Crippen LogP contribution is -2.40. The maximum atomic E-state index is 11.6. The second kappa shape index (κ2) is 8.31. The fraction of sp³-hybridized carbons (Fsp3) is 0.818. The van der Waals surface area contributed by atoms with Crippen LogP contribution in [0.25, 0.3) is 0 Å². The Labute approximate surface area is 107 Å². The lowest BCUT2D eigenvalue weighted by molar-refractivity contribution is -0.128. The van der Waals surface area contributed by atoms with Crippen molar-refractivity contribution in [3.05, 3.63) is 0 Å². The summed E-state index contributed by atoms with van der Waals surface area (Å²) in [7, 11) is 1.57. The van der Waals surface area contributed by atoms with Gasteiger partial charge in [-0.25, -0.2) is 0 Å². The summed E-state index contributed by atoms with van der Waals surface area (Å²) in [4.78, 5) is 22.9. The Hall–Kier alpha value is -0.810. The first-order valence-corrected chi connectivity index (χ1v) is 6.07. The van der Waals surface area contributed by atoms with Gasteiger partial charge in [-0.1, -0.05) is 0 Å². The second-order valence-corrected chi connectivity index (χ2v) is 4.63. The van der Waals surface area contributed by atoms with Gasteiger partial charge < -0.3 is 15.4 Å². The summed E-state index contributed by atoms with van der Waals surface area (Å²) in [5.41, 5.74) is -0.603. The van der Waals surface area contributed by atoms with E-state index in [-0.39, 0.29) is 24.1 Å². The molecule has 0 saturated carbocycles. The Bertz CT molecular complexity index is 257. The van der Waals surface area contributed by atoms with Gasteiger partial charge in [0.15, 0.2) is 0 Å². The van der Waals surface area contributed by atoms with Crippen molar-refractivity contribution in [2.45, 2.75) is 20.3 Å². The smallest absolute Gasteiger partial charge is 0.226 e. The Balaban J connectivity index is 3.70. The van der Waals surface area contributed by atoms with Crippen LogP contribution in [-0.2, 0) is 14.3 Å². The van der Waals surface area contributed by atoms with Crippen molar-refractivity contribution in [2.24, 2.45) is 5.41 Å². The molecule has 0 aliphatic heterocycles. The fourth-order valence-corrected chi connectivity index (χ4v) is 1.09. The van der Waals surface area contributed by atoms with Gasteiger partial charge in [-0.15, -0.1) is 11.6 Å². The number of rotatable bonds is 8. The third-order valence-corrected chi connectivity index (χ3v) is 2.88. The van der Waals surface area contributed by atoms with Gasteiger partial charge in [0.05, 0.1) is 12.0 Å². The lowest BCUT2D eigenvalue weighted by atomic mass is 9.95. The minimum atomic E-state index is -0.603. The summed E-state index contributed by atoms with van der Waals surface area (Å²) in [6, 6.07) is 0. The van der Waals surface area contributed by atoms with E-state index in [1.165, 1.54) is 0 Å². The van der Waals surface area contributed by atoms with Gasteiger partial charge >= 0.3 is 0 Å². The number of nitrogens with one attached hydrogen (secondary N) is 2. The molecule has 0 spiro atoms. The van der Waals surface area contributed by atoms with Crippen molar-refractivity contribution in [3.63, 3.8) is 0 Å². The van der Waals surface area contributed by atoms with Crippen LogP contribution in [0, 0.1) is 5.41 Å². The number of hydrogen-bond acceptors (Lipinski definition) is 3. The topological polar surface area (TPSA) is 67.4 Å². The molecule has 100 valence electrons. The SMILES string of the molecule is COCCNC(=O)CCNC(=O)C(C)(C)CCl. The Kier molecular flexibility index (Phi) is 7.91. The molecule has 0 aromatic heterocycles. The maximum absolute atomic E-state index is 11.6. The lowest BCUT2D eigenvalue weighted by Gasteiger charge is -2.20. The van der Waals surface area contributed by atoms with Crippen LogP contribution in [0.5, 0.6) is 0 Å². The highest BCUT2D eigenvalue weighted by molar-refractivity contribution is 6.19. The summed E-state index contributed by atoms with van der Waals surface area (Å²) < 4.78 is 4.80. The molecule has 2 N–H and O–H groups in total. The average molecular weight is 265 g/mol. The number of amides is 2. The summed E-state index contributed by atoms with van der Waals surface area (Å²) >= 11 is 5.66. The Morgan fingerprint density at radius 1 is 1.24 bits per heavy atom. The molecule has 0 rings (SSSR count). The molecule has 0 atom stereocenters. The molecule has 0 aromatic rings. The number of ether oxygens (including phenoxy) is 1. The van der Waals surface area contributed by atoms with E-state index in [0.717, 1.165) is 0 Å². The highest BCUT2D eigenvalue weighted by Crippen LogP contribution is 2.16. The molecule has 17 heavy (non-hydrogen) atoms. The zero-order valence-electron chi connectivity index (χ0n) is 10.6. The number of methoxy groups -OCH3 is 1. The molecule has 5 nitrogen and oxygen atoms in total. The van der Waals surface area contributed by atoms with E-state index in [1.807, 2.05) is 0 Å². The normalized spacial score (nSPS) is 11.1. The van der Waals surface area contributed by atoms with E-state index in [2.05, 4.69) is 10.6 Å². The molecular formula is C11H21ClN2O3. The number of carbonyl (C=O) groups is 2. The first kappa shape index (κ1) is 16.2. The quantitative estimate of drug-likeness (QED) is 0.496. The predicted molar refractivity (Wildman–Crippen MR) is 67.0 cm³/mol. The minimum absolute atomic E-state index is 0.106. The monoisotopic (exact) mass is 264 g/mol. The molecule has 0 bridgehead atoms. The Morgan fingerprint density at radius 2 is 1.88 bits per heavy atom. The summed E-state index contributed by atoms with van der Waals surface area (Å²) in [6.07, 6.45) is 0.258.